The average molecular weight is 488 g/mol. The van der Waals surface area contributed by atoms with Gasteiger partial charge in [0, 0.05) is 17.3 Å². The minimum atomic E-state index is -0.912. The molecule has 7 nitrogen and oxygen atoms in total. The molecule has 3 aromatic rings. The van der Waals surface area contributed by atoms with E-state index in [1.54, 1.807) is 54.6 Å². The maximum Gasteiger partial charge on any atom is 0.300 e. The second-order valence-corrected chi connectivity index (χ2v) is 8.27. The Morgan fingerprint density at radius 1 is 0.917 bits per heavy atom. The molecule has 1 fully saturated rings. The number of ketones is 1. The number of ether oxygens (including phenoxy) is 3. The Labute approximate surface area is 210 Å². The number of nitrogens with zero attached hydrogens (tertiary/aromatic N) is 1. The number of hydrogen-bond acceptors (Lipinski definition) is 6. The van der Waals surface area contributed by atoms with E-state index in [0.29, 0.717) is 47.3 Å². The van der Waals surface area contributed by atoms with Crippen molar-refractivity contribution in [3.63, 3.8) is 0 Å². The van der Waals surface area contributed by atoms with E-state index in [1.807, 2.05) is 32.9 Å². The Balaban J connectivity index is 1.97. The van der Waals surface area contributed by atoms with Gasteiger partial charge in [0.2, 0.25) is 0 Å². The number of aryl methyl sites for hydroxylation is 1. The van der Waals surface area contributed by atoms with E-state index in [1.165, 1.54) is 12.0 Å². The molecule has 1 N–H and O–H groups in total. The molecular formula is C29H29NO6. The summed E-state index contributed by atoms with van der Waals surface area (Å²) in [5.74, 6) is -0.449. The number of benzene rings is 3. The molecule has 1 unspecified atom stereocenters. The van der Waals surface area contributed by atoms with Crippen molar-refractivity contribution in [3.05, 3.63) is 89.0 Å². The summed E-state index contributed by atoms with van der Waals surface area (Å²) in [4.78, 5) is 28.3. The molecule has 0 radical (unpaired) electrons. The predicted octanol–water partition coefficient (Wildman–Crippen LogP) is 5.43. The summed E-state index contributed by atoms with van der Waals surface area (Å²) in [6, 6.07) is 18.5. The Bertz CT molecular complexity index is 1310. The zero-order chi connectivity index (χ0) is 25.8. The maximum atomic E-state index is 13.5. The summed E-state index contributed by atoms with van der Waals surface area (Å²) in [7, 11) is 1.52. The molecule has 1 amide bonds. The largest absolute Gasteiger partial charge is 0.507 e. The molecule has 1 heterocycles. The fraction of sp³-hybridized carbons (Fsp3) is 0.241. The molecule has 0 aromatic heterocycles. The molecule has 1 aliphatic heterocycles. The summed E-state index contributed by atoms with van der Waals surface area (Å²) >= 11 is 0. The Morgan fingerprint density at radius 2 is 1.61 bits per heavy atom. The number of anilines is 1. The lowest BCUT2D eigenvalue weighted by molar-refractivity contribution is -0.132. The summed E-state index contributed by atoms with van der Waals surface area (Å²) in [6.07, 6.45) is 0. The van der Waals surface area contributed by atoms with Crippen molar-refractivity contribution >= 4 is 23.1 Å². The van der Waals surface area contributed by atoms with Crippen LogP contribution < -0.4 is 19.1 Å². The first-order valence-electron chi connectivity index (χ1n) is 11.8. The van der Waals surface area contributed by atoms with Gasteiger partial charge in [-0.25, -0.2) is 0 Å². The monoisotopic (exact) mass is 487 g/mol. The van der Waals surface area contributed by atoms with Gasteiger partial charge in [-0.2, -0.15) is 0 Å². The van der Waals surface area contributed by atoms with Gasteiger partial charge in [0.1, 0.15) is 23.0 Å². The van der Waals surface area contributed by atoms with E-state index in [4.69, 9.17) is 14.2 Å². The second-order valence-electron chi connectivity index (χ2n) is 8.27. The van der Waals surface area contributed by atoms with Gasteiger partial charge < -0.3 is 19.3 Å². The summed E-state index contributed by atoms with van der Waals surface area (Å²) in [5, 5.41) is 11.6. The molecule has 1 atom stereocenters. The van der Waals surface area contributed by atoms with E-state index in [0.717, 1.165) is 5.56 Å². The van der Waals surface area contributed by atoms with Crippen molar-refractivity contribution in [2.24, 2.45) is 0 Å². The van der Waals surface area contributed by atoms with Gasteiger partial charge in [-0.1, -0.05) is 35.9 Å². The number of carbonyl (C=O) groups excluding carboxylic acids is 2. The van der Waals surface area contributed by atoms with E-state index in [-0.39, 0.29) is 11.3 Å². The average Bonchev–Trinajstić information content (AvgIpc) is 3.15. The lowest BCUT2D eigenvalue weighted by Crippen LogP contribution is -2.29. The Kier molecular flexibility index (Phi) is 7.29. The van der Waals surface area contributed by atoms with Crippen LogP contribution >= 0.6 is 0 Å². The summed E-state index contributed by atoms with van der Waals surface area (Å²) in [6.45, 7) is 6.43. The van der Waals surface area contributed by atoms with Gasteiger partial charge >= 0.3 is 0 Å². The zero-order valence-electron chi connectivity index (χ0n) is 20.8. The van der Waals surface area contributed by atoms with Crippen molar-refractivity contribution in [1.29, 1.82) is 0 Å². The summed E-state index contributed by atoms with van der Waals surface area (Å²) < 4.78 is 16.9. The number of carbonyl (C=O) groups is 2. The van der Waals surface area contributed by atoms with E-state index in [9.17, 15) is 14.7 Å². The highest BCUT2D eigenvalue weighted by atomic mass is 16.5. The van der Waals surface area contributed by atoms with Crippen LogP contribution in [0.15, 0.2) is 72.3 Å². The highest BCUT2D eigenvalue weighted by Gasteiger charge is 2.48. The number of aliphatic hydroxyl groups excluding tert-OH is 1. The number of Topliss-reactive ketones (excluding diaryl/α,β-unsaturated/α-hetero) is 1. The zero-order valence-corrected chi connectivity index (χ0v) is 20.8. The molecule has 4 rings (SSSR count). The number of rotatable bonds is 8. The standard InChI is InChI=1S/C29H29NO6/c1-5-35-20-15-16-22(24(17-20)36-6-2)27(31)25-26(21-9-7-8-10-23(21)34-4)30(29(33)28(25)32)19-13-11-18(3)12-14-19/h7-17,26,31H,5-6H2,1-4H3/b27-25+. The van der Waals surface area contributed by atoms with Crippen molar-refractivity contribution in [1.82, 2.24) is 0 Å². The van der Waals surface area contributed by atoms with Crippen molar-refractivity contribution in [2.75, 3.05) is 25.2 Å². The predicted molar refractivity (Wildman–Crippen MR) is 138 cm³/mol. The second kappa shape index (κ2) is 10.6. The van der Waals surface area contributed by atoms with Gasteiger partial charge in [0.25, 0.3) is 11.7 Å². The molecule has 36 heavy (non-hydrogen) atoms. The van der Waals surface area contributed by atoms with Gasteiger partial charge in [-0.05, 0) is 51.1 Å². The fourth-order valence-corrected chi connectivity index (χ4v) is 4.37. The third kappa shape index (κ3) is 4.52. The minimum Gasteiger partial charge on any atom is -0.507 e. The van der Waals surface area contributed by atoms with E-state index in [2.05, 4.69) is 0 Å². The van der Waals surface area contributed by atoms with Crippen LogP contribution in [0.3, 0.4) is 0 Å². The highest BCUT2D eigenvalue weighted by Crippen LogP contribution is 2.46. The quantitative estimate of drug-likeness (QED) is 0.259. The number of aliphatic hydroxyl groups is 1. The molecule has 0 spiro atoms. The normalized spacial score (nSPS) is 16.8. The molecule has 1 saturated heterocycles. The molecule has 3 aromatic carbocycles. The third-order valence-electron chi connectivity index (χ3n) is 6.01. The van der Waals surface area contributed by atoms with E-state index < -0.39 is 17.7 Å². The Hall–Kier alpha value is -4.26. The van der Waals surface area contributed by atoms with Gasteiger partial charge in [-0.15, -0.1) is 0 Å². The van der Waals surface area contributed by atoms with E-state index >= 15 is 0 Å². The lowest BCUT2D eigenvalue weighted by Gasteiger charge is -2.27. The van der Waals surface area contributed by atoms with Crippen LogP contribution in [0, 0.1) is 6.92 Å². The van der Waals surface area contributed by atoms with Crippen LogP contribution in [0.4, 0.5) is 5.69 Å². The Morgan fingerprint density at radius 3 is 2.28 bits per heavy atom. The van der Waals surface area contributed by atoms with Crippen LogP contribution in [0.5, 0.6) is 17.2 Å². The number of amides is 1. The third-order valence-corrected chi connectivity index (χ3v) is 6.01. The molecule has 0 bridgehead atoms. The first-order valence-corrected chi connectivity index (χ1v) is 11.8. The van der Waals surface area contributed by atoms with Crippen LogP contribution in [0.2, 0.25) is 0 Å². The van der Waals surface area contributed by atoms with Gasteiger partial charge in [0.05, 0.1) is 37.5 Å². The first kappa shape index (κ1) is 24.9. The SMILES string of the molecule is CCOc1ccc(/C(O)=C2\C(=O)C(=O)N(c3ccc(C)cc3)C2c2ccccc2OC)c(OCC)c1. The topological polar surface area (TPSA) is 85.3 Å². The number of hydrogen-bond donors (Lipinski definition) is 1. The minimum absolute atomic E-state index is 0.0461. The molecule has 0 aliphatic carbocycles. The molecule has 186 valence electrons. The highest BCUT2D eigenvalue weighted by molar-refractivity contribution is 6.51. The smallest absolute Gasteiger partial charge is 0.300 e. The maximum absolute atomic E-state index is 13.5. The molecule has 1 aliphatic rings. The number of methoxy groups -OCH3 is 1. The molecule has 7 heteroatoms. The summed E-state index contributed by atoms with van der Waals surface area (Å²) in [5.41, 5.74) is 2.37. The van der Waals surface area contributed by atoms with Crippen LogP contribution in [0.25, 0.3) is 5.76 Å². The first-order chi connectivity index (χ1) is 17.4. The lowest BCUT2D eigenvalue weighted by atomic mass is 9.94. The number of para-hydroxylation sites is 1. The molecular weight excluding hydrogens is 458 g/mol. The van der Waals surface area contributed by atoms with Crippen molar-refractivity contribution < 1.29 is 28.9 Å². The molecule has 0 saturated carbocycles. The van der Waals surface area contributed by atoms with Crippen molar-refractivity contribution in [3.8, 4) is 17.2 Å². The van der Waals surface area contributed by atoms with Crippen molar-refractivity contribution in [2.45, 2.75) is 26.8 Å². The van der Waals surface area contributed by atoms with Crippen LogP contribution in [-0.2, 0) is 9.59 Å². The van der Waals surface area contributed by atoms with Gasteiger partial charge in [0.15, 0.2) is 0 Å². The van der Waals surface area contributed by atoms with Crippen LogP contribution in [-0.4, -0.2) is 37.1 Å². The van der Waals surface area contributed by atoms with Crippen LogP contribution in [0.1, 0.15) is 36.6 Å². The van der Waals surface area contributed by atoms with Gasteiger partial charge in [-0.3, -0.25) is 14.5 Å². The fourth-order valence-electron chi connectivity index (χ4n) is 4.37.